The van der Waals surface area contributed by atoms with Gasteiger partial charge in [0, 0.05) is 12.0 Å². The number of nitrogens with one attached hydrogen (secondary N) is 1. The van der Waals surface area contributed by atoms with E-state index in [1.54, 1.807) is 21.3 Å². The van der Waals surface area contributed by atoms with E-state index in [1.807, 2.05) is 73.7 Å². The van der Waals surface area contributed by atoms with Gasteiger partial charge in [0.15, 0.2) is 0 Å². The molecule has 0 spiro atoms. The van der Waals surface area contributed by atoms with Crippen molar-refractivity contribution < 1.29 is 24.0 Å². The Bertz CT molecular complexity index is 1310. The summed E-state index contributed by atoms with van der Waals surface area (Å²) in [5, 5.41) is 12.7. The van der Waals surface area contributed by atoms with E-state index in [2.05, 4.69) is 5.32 Å². The lowest BCUT2D eigenvalue weighted by atomic mass is 9.85. The predicted molar refractivity (Wildman–Crippen MR) is 144 cm³/mol. The fraction of sp³-hybridized carbons (Fsp3) is 0.207. The molecule has 3 aromatic carbocycles. The van der Waals surface area contributed by atoms with Crippen LogP contribution in [-0.2, 0) is 11.3 Å². The molecule has 1 aliphatic carbocycles. The quantitative estimate of drug-likeness (QED) is 0.452. The van der Waals surface area contributed by atoms with Crippen LogP contribution >= 0.6 is 0 Å². The van der Waals surface area contributed by atoms with Crippen LogP contribution in [0.4, 0.5) is 0 Å². The number of allylic oxidation sites excluding steroid dienone is 2. The first-order valence-corrected chi connectivity index (χ1v) is 11.6. The van der Waals surface area contributed by atoms with Gasteiger partial charge in [0.25, 0.3) is 0 Å². The van der Waals surface area contributed by atoms with E-state index in [0.717, 1.165) is 52.2 Å². The van der Waals surface area contributed by atoms with Gasteiger partial charge in [0.05, 0.1) is 27.8 Å². The first-order chi connectivity index (χ1) is 17.5. The maximum absolute atomic E-state index is 12.9. The molecule has 1 radical (unpaired) electrons. The number of methoxy groups -OCH3 is 3. The normalized spacial score (nSPS) is 13.4. The molecule has 0 unspecified atom stereocenters. The molecular formula is C29H29BNO5. The number of ether oxygens (including phenoxy) is 3. The maximum atomic E-state index is 12.9. The van der Waals surface area contributed by atoms with Gasteiger partial charge < -0.3 is 24.6 Å². The van der Waals surface area contributed by atoms with Crippen molar-refractivity contribution in [2.24, 2.45) is 0 Å². The zero-order valence-corrected chi connectivity index (χ0v) is 20.9. The fourth-order valence-electron chi connectivity index (χ4n) is 4.47. The summed E-state index contributed by atoms with van der Waals surface area (Å²) in [4.78, 5) is 12.9. The zero-order valence-electron chi connectivity index (χ0n) is 20.9. The number of carbonyl (C=O) groups excluding carboxylic acids is 1. The summed E-state index contributed by atoms with van der Waals surface area (Å²) in [6, 6.07) is 19.5. The third-order valence-electron chi connectivity index (χ3n) is 6.37. The van der Waals surface area contributed by atoms with Gasteiger partial charge in [-0.05, 0) is 76.2 Å². The predicted octanol–water partition coefficient (Wildman–Crippen LogP) is 3.98. The van der Waals surface area contributed by atoms with Gasteiger partial charge in [-0.2, -0.15) is 0 Å². The third-order valence-corrected chi connectivity index (χ3v) is 6.37. The number of benzene rings is 3. The molecule has 6 nitrogen and oxygen atoms in total. The second-order valence-electron chi connectivity index (χ2n) is 8.48. The molecule has 36 heavy (non-hydrogen) atoms. The van der Waals surface area contributed by atoms with Crippen molar-refractivity contribution in [3.05, 3.63) is 88.5 Å². The zero-order chi connectivity index (χ0) is 25.7. The minimum Gasteiger partial charge on any atom is -0.497 e. The van der Waals surface area contributed by atoms with Crippen LogP contribution in [0.5, 0.6) is 17.2 Å². The molecule has 4 rings (SSSR count). The smallest absolute Gasteiger partial charge is 0.334 e. The topological polar surface area (TPSA) is 77.0 Å². The maximum Gasteiger partial charge on any atom is 0.334 e. The summed E-state index contributed by atoms with van der Waals surface area (Å²) in [6.07, 6.45) is 2.29. The molecule has 0 aliphatic heterocycles. The highest BCUT2D eigenvalue weighted by molar-refractivity contribution is 6.48. The Morgan fingerprint density at radius 2 is 1.64 bits per heavy atom. The average Bonchev–Trinajstić information content (AvgIpc) is 3.16. The molecule has 0 atom stereocenters. The van der Waals surface area contributed by atoms with E-state index in [1.165, 1.54) is 0 Å². The first-order valence-electron chi connectivity index (χ1n) is 11.6. The molecule has 3 aromatic rings. The summed E-state index contributed by atoms with van der Waals surface area (Å²) < 4.78 is 16.4. The molecule has 0 saturated carbocycles. The third kappa shape index (κ3) is 5.16. The number of hydrogen-bond acceptors (Lipinski definition) is 5. The summed E-state index contributed by atoms with van der Waals surface area (Å²) in [6.45, 7) is 2.51. The molecule has 7 heteroatoms. The monoisotopic (exact) mass is 482 g/mol. The largest absolute Gasteiger partial charge is 0.497 e. The molecule has 183 valence electrons. The van der Waals surface area contributed by atoms with Crippen molar-refractivity contribution >= 4 is 36.1 Å². The van der Waals surface area contributed by atoms with Gasteiger partial charge in [-0.3, -0.25) is 4.79 Å². The van der Waals surface area contributed by atoms with Crippen molar-refractivity contribution in [2.75, 3.05) is 21.3 Å². The standard InChI is InChI=1S/C29H29BNO5/c1-18-23(12-20-13-26(35-3)29(30-33)27(14-20)36-4)22-11-10-21(34-2)15-25(22)24(18)16-28(32)31-17-19-8-6-5-7-9-19/h5-15,33H,16-17H2,1-4H3,(H,31,32)/b23-12-. The Kier molecular flexibility index (Phi) is 7.81. The van der Waals surface area contributed by atoms with Gasteiger partial charge in [-0.25, -0.2) is 0 Å². The Morgan fingerprint density at radius 3 is 2.25 bits per heavy atom. The Hall–Kier alpha value is -3.97. The van der Waals surface area contributed by atoms with Crippen molar-refractivity contribution in [3.8, 4) is 17.2 Å². The van der Waals surface area contributed by atoms with Gasteiger partial charge >= 0.3 is 7.48 Å². The Labute approximate surface area is 212 Å². The van der Waals surface area contributed by atoms with E-state index in [-0.39, 0.29) is 12.3 Å². The molecule has 0 aromatic heterocycles. The highest BCUT2D eigenvalue weighted by atomic mass is 16.5. The first kappa shape index (κ1) is 25.1. The molecule has 0 saturated heterocycles. The second-order valence-corrected chi connectivity index (χ2v) is 8.48. The second kappa shape index (κ2) is 11.2. The van der Waals surface area contributed by atoms with Gasteiger partial charge in [-0.1, -0.05) is 36.4 Å². The van der Waals surface area contributed by atoms with Crippen LogP contribution in [0.2, 0.25) is 0 Å². The van der Waals surface area contributed by atoms with E-state index in [4.69, 9.17) is 14.2 Å². The molecule has 2 N–H and O–H groups in total. The minimum absolute atomic E-state index is 0.0469. The highest BCUT2D eigenvalue weighted by Gasteiger charge is 2.26. The lowest BCUT2D eigenvalue weighted by Gasteiger charge is -2.13. The van der Waals surface area contributed by atoms with Crippen LogP contribution in [0.3, 0.4) is 0 Å². The summed E-state index contributed by atoms with van der Waals surface area (Å²) in [5.74, 6) is 1.68. The number of fused-ring (bicyclic) bond motifs is 1. The molecule has 1 amide bonds. The van der Waals surface area contributed by atoms with E-state index in [9.17, 15) is 9.82 Å². The summed E-state index contributed by atoms with van der Waals surface area (Å²) >= 11 is 0. The highest BCUT2D eigenvalue weighted by Crippen LogP contribution is 2.45. The Morgan fingerprint density at radius 1 is 0.944 bits per heavy atom. The van der Waals surface area contributed by atoms with E-state index in [0.29, 0.717) is 23.5 Å². The summed E-state index contributed by atoms with van der Waals surface area (Å²) in [7, 11) is 5.71. The molecular weight excluding hydrogens is 453 g/mol. The SMILES string of the molecule is COc1ccc2c(c1)C(CC(=O)NCc1ccccc1)=C(C)/C2=C/c1cc(OC)c([B]O)c(OC)c1. The molecule has 0 fully saturated rings. The van der Waals surface area contributed by atoms with Gasteiger partial charge in [0.2, 0.25) is 5.91 Å². The van der Waals surface area contributed by atoms with Crippen LogP contribution in [0.1, 0.15) is 35.6 Å². The van der Waals surface area contributed by atoms with Crippen LogP contribution in [-0.4, -0.2) is 39.7 Å². The van der Waals surface area contributed by atoms with E-state index < -0.39 is 0 Å². The van der Waals surface area contributed by atoms with E-state index >= 15 is 0 Å². The minimum atomic E-state index is -0.0469. The number of carbonyl (C=O) groups is 1. The van der Waals surface area contributed by atoms with Crippen LogP contribution in [0.15, 0.2) is 66.2 Å². The van der Waals surface area contributed by atoms with Crippen LogP contribution in [0, 0.1) is 0 Å². The van der Waals surface area contributed by atoms with Crippen molar-refractivity contribution in [1.82, 2.24) is 5.32 Å². The van der Waals surface area contributed by atoms with Crippen LogP contribution < -0.4 is 25.0 Å². The molecule has 1 aliphatic rings. The fourth-order valence-corrected chi connectivity index (χ4v) is 4.47. The molecule has 0 bridgehead atoms. The lowest BCUT2D eigenvalue weighted by Crippen LogP contribution is -2.22. The van der Waals surface area contributed by atoms with Crippen molar-refractivity contribution in [3.63, 3.8) is 0 Å². The Balaban J connectivity index is 1.71. The average molecular weight is 482 g/mol. The van der Waals surface area contributed by atoms with Crippen LogP contribution in [0.25, 0.3) is 17.2 Å². The van der Waals surface area contributed by atoms with Gasteiger partial charge in [-0.15, -0.1) is 0 Å². The molecule has 0 heterocycles. The van der Waals surface area contributed by atoms with Gasteiger partial charge in [0.1, 0.15) is 17.2 Å². The number of rotatable bonds is 9. The lowest BCUT2D eigenvalue weighted by molar-refractivity contribution is -0.120. The summed E-state index contributed by atoms with van der Waals surface area (Å²) in [5.41, 5.74) is 7.35. The van der Waals surface area contributed by atoms with Crippen molar-refractivity contribution in [2.45, 2.75) is 19.9 Å². The number of hydrogen-bond donors (Lipinski definition) is 2. The number of amides is 1. The van der Waals surface area contributed by atoms with Crippen molar-refractivity contribution in [1.29, 1.82) is 0 Å².